The number of amides is 3. The average molecular weight is 292 g/mol. The highest BCUT2D eigenvalue weighted by Gasteiger charge is 2.20. The van der Waals surface area contributed by atoms with Gasteiger partial charge in [0.25, 0.3) is 5.91 Å². The third-order valence-electron chi connectivity index (χ3n) is 2.93. The van der Waals surface area contributed by atoms with E-state index in [1.165, 1.54) is 14.0 Å². The second-order valence-electron chi connectivity index (χ2n) is 4.89. The van der Waals surface area contributed by atoms with Gasteiger partial charge in [-0.3, -0.25) is 10.1 Å². The van der Waals surface area contributed by atoms with Crippen molar-refractivity contribution >= 4 is 17.9 Å². The maximum Gasteiger partial charge on any atom is 0.338 e. The number of urea groups is 1. The van der Waals surface area contributed by atoms with Gasteiger partial charge in [-0.25, -0.2) is 9.59 Å². The SMILES string of the molecule is CNC(=O)NC(=O)[C@@H](C)OC(=O)c1ccc(C(C)C)cc1. The zero-order valence-corrected chi connectivity index (χ0v) is 12.6. The van der Waals surface area contributed by atoms with E-state index in [1.54, 1.807) is 12.1 Å². The van der Waals surface area contributed by atoms with Crippen LogP contribution in [0.2, 0.25) is 0 Å². The summed E-state index contributed by atoms with van der Waals surface area (Å²) < 4.78 is 5.01. The van der Waals surface area contributed by atoms with Crippen molar-refractivity contribution in [2.75, 3.05) is 7.05 Å². The maximum atomic E-state index is 11.9. The van der Waals surface area contributed by atoms with E-state index < -0.39 is 24.0 Å². The van der Waals surface area contributed by atoms with Crippen LogP contribution in [0.3, 0.4) is 0 Å². The Morgan fingerprint density at radius 1 is 1.05 bits per heavy atom. The molecule has 0 aromatic heterocycles. The lowest BCUT2D eigenvalue weighted by atomic mass is 10.0. The molecule has 2 N–H and O–H groups in total. The lowest BCUT2D eigenvalue weighted by molar-refractivity contribution is -0.127. The fraction of sp³-hybridized carbons (Fsp3) is 0.400. The molecule has 0 unspecified atom stereocenters. The molecule has 0 bridgehead atoms. The van der Waals surface area contributed by atoms with E-state index in [1.807, 2.05) is 17.4 Å². The average Bonchev–Trinajstić information content (AvgIpc) is 2.46. The van der Waals surface area contributed by atoms with Crippen LogP contribution < -0.4 is 10.6 Å². The Labute approximate surface area is 123 Å². The summed E-state index contributed by atoms with van der Waals surface area (Å²) >= 11 is 0. The Bertz CT molecular complexity index is 523. The van der Waals surface area contributed by atoms with Crippen LogP contribution in [0.15, 0.2) is 24.3 Å². The predicted molar refractivity (Wildman–Crippen MR) is 78.0 cm³/mol. The first-order chi connectivity index (χ1) is 9.85. The first kappa shape index (κ1) is 16.7. The quantitative estimate of drug-likeness (QED) is 0.829. The molecule has 1 aromatic carbocycles. The van der Waals surface area contributed by atoms with Crippen LogP contribution in [0.25, 0.3) is 0 Å². The summed E-state index contributed by atoms with van der Waals surface area (Å²) in [6.45, 7) is 5.51. The first-order valence-electron chi connectivity index (χ1n) is 6.68. The number of carbonyl (C=O) groups is 3. The molecular formula is C15H20N2O4. The van der Waals surface area contributed by atoms with Crippen molar-refractivity contribution in [3.8, 4) is 0 Å². The third kappa shape index (κ3) is 4.91. The molecule has 0 heterocycles. The monoisotopic (exact) mass is 292 g/mol. The number of ether oxygens (including phenoxy) is 1. The van der Waals surface area contributed by atoms with Crippen LogP contribution in [0.4, 0.5) is 4.79 Å². The Hall–Kier alpha value is -2.37. The highest BCUT2D eigenvalue weighted by Crippen LogP contribution is 2.15. The van der Waals surface area contributed by atoms with Gasteiger partial charge in [-0.05, 0) is 30.5 Å². The number of imide groups is 1. The molecule has 114 valence electrons. The molecule has 1 aromatic rings. The Kier molecular flexibility index (Phi) is 5.90. The van der Waals surface area contributed by atoms with E-state index in [4.69, 9.17) is 4.74 Å². The smallest absolute Gasteiger partial charge is 0.338 e. The summed E-state index contributed by atoms with van der Waals surface area (Å²) in [4.78, 5) is 34.5. The van der Waals surface area contributed by atoms with Gasteiger partial charge in [0.1, 0.15) is 0 Å². The number of hydrogen-bond acceptors (Lipinski definition) is 4. The summed E-state index contributed by atoms with van der Waals surface area (Å²) in [5, 5.41) is 4.29. The van der Waals surface area contributed by atoms with Crippen LogP contribution in [-0.4, -0.2) is 31.1 Å². The largest absolute Gasteiger partial charge is 0.449 e. The number of nitrogens with one attached hydrogen (secondary N) is 2. The molecule has 0 aliphatic carbocycles. The van der Waals surface area contributed by atoms with E-state index >= 15 is 0 Å². The standard InChI is InChI=1S/C15H20N2O4/c1-9(2)11-5-7-12(8-6-11)14(19)21-10(3)13(18)17-15(20)16-4/h5-10H,1-4H3,(H2,16,17,18,20)/t10-/m1/s1. The van der Waals surface area contributed by atoms with E-state index in [9.17, 15) is 14.4 Å². The van der Waals surface area contributed by atoms with Crippen LogP contribution in [0.1, 0.15) is 42.6 Å². The van der Waals surface area contributed by atoms with Crippen LogP contribution in [0, 0.1) is 0 Å². The molecule has 3 amide bonds. The zero-order chi connectivity index (χ0) is 16.0. The van der Waals surface area contributed by atoms with E-state index in [0.717, 1.165) is 5.56 Å². The minimum atomic E-state index is -1.06. The van der Waals surface area contributed by atoms with Crippen molar-refractivity contribution in [2.45, 2.75) is 32.8 Å². The van der Waals surface area contributed by atoms with Crippen LogP contribution in [-0.2, 0) is 9.53 Å². The highest BCUT2D eigenvalue weighted by atomic mass is 16.5. The highest BCUT2D eigenvalue weighted by molar-refractivity contribution is 5.98. The molecule has 6 heteroatoms. The van der Waals surface area contributed by atoms with Gasteiger partial charge in [0.15, 0.2) is 6.10 Å². The topological polar surface area (TPSA) is 84.5 Å². The van der Waals surface area contributed by atoms with E-state index in [-0.39, 0.29) is 0 Å². The molecule has 1 rings (SSSR count). The lowest BCUT2D eigenvalue weighted by Crippen LogP contribution is -2.43. The van der Waals surface area contributed by atoms with Crippen molar-refractivity contribution in [3.63, 3.8) is 0 Å². The fourth-order valence-corrected chi connectivity index (χ4v) is 1.56. The van der Waals surface area contributed by atoms with Crippen LogP contribution in [0.5, 0.6) is 0 Å². The Morgan fingerprint density at radius 3 is 2.10 bits per heavy atom. The maximum absolute atomic E-state index is 11.9. The molecule has 0 saturated heterocycles. The molecule has 0 fully saturated rings. The molecule has 21 heavy (non-hydrogen) atoms. The summed E-state index contributed by atoms with van der Waals surface area (Å²) in [6, 6.07) is 6.35. The van der Waals surface area contributed by atoms with Gasteiger partial charge in [-0.2, -0.15) is 0 Å². The first-order valence-corrected chi connectivity index (χ1v) is 6.68. The molecule has 0 aliphatic rings. The van der Waals surface area contributed by atoms with E-state index in [2.05, 4.69) is 19.2 Å². The molecule has 0 radical (unpaired) electrons. The molecular weight excluding hydrogens is 272 g/mol. The molecule has 6 nitrogen and oxygen atoms in total. The van der Waals surface area contributed by atoms with Crippen molar-refractivity contribution in [3.05, 3.63) is 35.4 Å². The van der Waals surface area contributed by atoms with Gasteiger partial charge < -0.3 is 10.1 Å². The summed E-state index contributed by atoms with van der Waals surface area (Å²) in [5.74, 6) is -0.918. The van der Waals surface area contributed by atoms with Crippen molar-refractivity contribution in [1.82, 2.24) is 10.6 Å². The van der Waals surface area contributed by atoms with Crippen molar-refractivity contribution < 1.29 is 19.1 Å². The number of rotatable bonds is 4. The van der Waals surface area contributed by atoms with Crippen LogP contribution >= 0.6 is 0 Å². The normalized spacial score (nSPS) is 11.7. The molecule has 1 atom stereocenters. The lowest BCUT2D eigenvalue weighted by Gasteiger charge is -2.13. The number of benzene rings is 1. The van der Waals surface area contributed by atoms with Crippen molar-refractivity contribution in [1.29, 1.82) is 0 Å². The molecule has 0 aliphatic heterocycles. The second kappa shape index (κ2) is 7.42. The minimum Gasteiger partial charge on any atom is -0.449 e. The summed E-state index contributed by atoms with van der Waals surface area (Å²) in [7, 11) is 1.38. The predicted octanol–water partition coefficient (Wildman–Crippen LogP) is 1.81. The number of esters is 1. The van der Waals surface area contributed by atoms with Gasteiger partial charge in [-0.1, -0.05) is 26.0 Å². The van der Waals surface area contributed by atoms with Crippen molar-refractivity contribution in [2.24, 2.45) is 0 Å². The van der Waals surface area contributed by atoms with Gasteiger partial charge in [-0.15, -0.1) is 0 Å². The number of carbonyl (C=O) groups excluding carboxylic acids is 3. The summed E-state index contributed by atoms with van der Waals surface area (Å²) in [6.07, 6.45) is -1.06. The second-order valence-corrected chi connectivity index (χ2v) is 4.89. The fourth-order valence-electron chi connectivity index (χ4n) is 1.56. The van der Waals surface area contributed by atoms with Gasteiger partial charge in [0.05, 0.1) is 5.56 Å². The Balaban J connectivity index is 2.63. The zero-order valence-electron chi connectivity index (χ0n) is 12.6. The molecule has 0 saturated carbocycles. The van der Waals surface area contributed by atoms with E-state index in [0.29, 0.717) is 11.5 Å². The van der Waals surface area contributed by atoms with Gasteiger partial charge in [0, 0.05) is 7.05 Å². The van der Waals surface area contributed by atoms with Gasteiger partial charge in [0.2, 0.25) is 0 Å². The number of hydrogen-bond donors (Lipinski definition) is 2. The Morgan fingerprint density at radius 2 is 1.62 bits per heavy atom. The minimum absolute atomic E-state index is 0.360. The third-order valence-corrected chi connectivity index (χ3v) is 2.93. The van der Waals surface area contributed by atoms with Gasteiger partial charge >= 0.3 is 12.0 Å². The summed E-state index contributed by atoms with van der Waals surface area (Å²) in [5.41, 5.74) is 1.47. The molecule has 0 spiro atoms.